The van der Waals surface area contributed by atoms with Gasteiger partial charge in [-0.15, -0.1) is 0 Å². The molecule has 0 aromatic carbocycles. The molecule has 3 N–H and O–H groups in total. The van der Waals surface area contributed by atoms with Crippen molar-refractivity contribution in [3.05, 3.63) is 0 Å². The van der Waals surface area contributed by atoms with E-state index in [2.05, 4.69) is 48.5 Å². The van der Waals surface area contributed by atoms with E-state index in [1.165, 1.54) is 238 Å². The highest BCUT2D eigenvalue weighted by Gasteiger charge is 2.30. The van der Waals surface area contributed by atoms with Crippen molar-refractivity contribution < 1.29 is 80.2 Å². The van der Waals surface area contributed by atoms with Crippen LogP contribution in [-0.4, -0.2) is 96.7 Å². The van der Waals surface area contributed by atoms with Crippen LogP contribution in [0.1, 0.15) is 427 Å². The highest BCUT2D eigenvalue weighted by atomic mass is 31.2. The van der Waals surface area contributed by atoms with Crippen LogP contribution in [0.15, 0.2) is 0 Å². The van der Waals surface area contributed by atoms with Crippen LogP contribution < -0.4 is 0 Å². The standard InChI is InChI=1S/C82H160O17P2/c1-8-9-10-11-12-13-14-15-21-28-37-44-51-58-65-81(86)99-78(70-93-80(85)64-57-50-43-36-31-30-34-41-48-55-62-75(6)7)72-97-101(90,91)95-68-76(83)67-94-100(88,89)96-71-77(69-92-79(84)63-56-49-42-35-27-24-23-26-33-40-47-54-61-74(4)5)98-82(87)66-59-52-45-38-29-22-19-17-16-18-20-25-32-39-46-53-60-73(2)3/h73-78,83H,8-72H2,1-7H3,(H,88,89)(H,90,91)/t76-,77-,78-/m1/s1. The van der Waals surface area contributed by atoms with Crippen LogP contribution in [0.5, 0.6) is 0 Å². The maximum absolute atomic E-state index is 13.1. The van der Waals surface area contributed by atoms with Crippen molar-refractivity contribution in [2.75, 3.05) is 39.6 Å². The van der Waals surface area contributed by atoms with Gasteiger partial charge >= 0.3 is 39.5 Å². The fraction of sp³-hybridized carbons (Fsp3) is 0.951. The lowest BCUT2D eigenvalue weighted by Gasteiger charge is -2.21. The molecule has 17 nitrogen and oxygen atoms in total. The molecule has 0 spiro atoms. The largest absolute Gasteiger partial charge is 0.472 e. The van der Waals surface area contributed by atoms with Crippen molar-refractivity contribution in [1.82, 2.24) is 0 Å². The summed E-state index contributed by atoms with van der Waals surface area (Å²) < 4.78 is 68.8. The quantitative estimate of drug-likeness (QED) is 0.0222. The molecule has 600 valence electrons. The zero-order valence-electron chi connectivity index (χ0n) is 66.4. The van der Waals surface area contributed by atoms with Crippen LogP contribution in [0.2, 0.25) is 0 Å². The Balaban J connectivity index is 5.26. The van der Waals surface area contributed by atoms with Gasteiger partial charge in [-0.05, 0) is 43.4 Å². The predicted octanol–water partition coefficient (Wildman–Crippen LogP) is 24.5. The summed E-state index contributed by atoms with van der Waals surface area (Å²) in [6.07, 6.45) is 60.9. The Labute approximate surface area is 619 Å². The van der Waals surface area contributed by atoms with Gasteiger partial charge in [-0.25, -0.2) is 9.13 Å². The third kappa shape index (κ3) is 76.1. The van der Waals surface area contributed by atoms with E-state index in [0.29, 0.717) is 25.7 Å². The van der Waals surface area contributed by atoms with E-state index in [4.69, 9.17) is 37.0 Å². The third-order valence-electron chi connectivity index (χ3n) is 19.1. The minimum Gasteiger partial charge on any atom is -0.462 e. The fourth-order valence-corrected chi connectivity index (χ4v) is 14.2. The molecule has 101 heavy (non-hydrogen) atoms. The Bertz CT molecular complexity index is 1960. The molecule has 0 aromatic heterocycles. The molecular formula is C82H160O17P2. The zero-order valence-corrected chi connectivity index (χ0v) is 68.2. The van der Waals surface area contributed by atoms with Crippen molar-refractivity contribution in [1.29, 1.82) is 0 Å². The second-order valence-electron chi connectivity index (χ2n) is 30.9. The van der Waals surface area contributed by atoms with Crippen LogP contribution in [0.25, 0.3) is 0 Å². The van der Waals surface area contributed by atoms with Gasteiger partial charge in [-0.1, -0.05) is 376 Å². The molecule has 5 atom stereocenters. The number of rotatable bonds is 80. The van der Waals surface area contributed by atoms with Crippen molar-refractivity contribution in [2.45, 2.75) is 446 Å². The predicted molar refractivity (Wildman–Crippen MR) is 414 cm³/mol. The number of carbonyl (C=O) groups is 4. The summed E-state index contributed by atoms with van der Waals surface area (Å²) in [5.74, 6) is 0.242. The van der Waals surface area contributed by atoms with E-state index < -0.39 is 97.5 Å². The zero-order chi connectivity index (χ0) is 74.4. The summed E-state index contributed by atoms with van der Waals surface area (Å²) in [7, 11) is -9.92. The average molecular weight is 1480 g/mol. The lowest BCUT2D eigenvalue weighted by atomic mass is 10.0. The maximum atomic E-state index is 13.1. The highest BCUT2D eigenvalue weighted by molar-refractivity contribution is 7.47. The smallest absolute Gasteiger partial charge is 0.462 e. The number of esters is 4. The highest BCUT2D eigenvalue weighted by Crippen LogP contribution is 2.45. The van der Waals surface area contributed by atoms with Crippen molar-refractivity contribution in [3.63, 3.8) is 0 Å². The van der Waals surface area contributed by atoms with E-state index >= 15 is 0 Å². The Morgan fingerprint density at radius 2 is 0.455 bits per heavy atom. The van der Waals surface area contributed by atoms with E-state index in [0.717, 1.165) is 108 Å². The number of carbonyl (C=O) groups excluding carboxylic acids is 4. The molecule has 0 fully saturated rings. The molecule has 0 aromatic rings. The van der Waals surface area contributed by atoms with Crippen LogP contribution in [0, 0.1) is 17.8 Å². The Kier molecular flexibility index (Phi) is 70.9. The summed E-state index contributed by atoms with van der Waals surface area (Å²) in [5.41, 5.74) is 0. The van der Waals surface area contributed by atoms with Gasteiger partial charge in [-0.2, -0.15) is 0 Å². The molecule has 0 saturated heterocycles. The number of unbranched alkanes of at least 4 members (excludes halogenated alkanes) is 48. The first-order valence-electron chi connectivity index (χ1n) is 42.3. The monoisotopic (exact) mass is 1480 g/mol. The maximum Gasteiger partial charge on any atom is 0.472 e. The minimum atomic E-state index is -4.96. The second-order valence-corrected chi connectivity index (χ2v) is 33.8. The molecule has 0 bridgehead atoms. The first-order valence-corrected chi connectivity index (χ1v) is 45.3. The average Bonchev–Trinajstić information content (AvgIpc) is 0.923. The lowest BCUT2D eigenvalue weighted by molar-refractivity contribution is -0.161. The number of ether oxygens (including phenoxy) is 4. The van der Waals surface area contributed by atoms with E-state index in [-0.39, 0.29) is 25.7 Å². The van der Waals surface area contributed by atoms with Gasteiger partial charge in [0.15, 0.2) is 12.2 Å². The SMILES string of the molecule is CCCCCCCCCCCCCCCCC(=O)O[C@H](COC(=O)CCCCCCCCCCCCC(C)C)COP(=O)(O)OC[C@H](O)COP(=O)(O)OC[C@@H](COC(=O)CCCCCCCCCCCCCCC(C)C)OC(=O)CCCCCCCCCCCCCCCCCCC(C)C. The summed E-state index contributed by atoms with van der Waals surface area (Å²) in [6.45, 7) is 12.0. The van der Waals surface area contributed by atoms with Crippen LogP contribution >= 0.6 is 15.6 Å². The fourth-order valence-electron chi connectivity index (χ4n) is 12.7. The van der Waals surface area contributed by atoms with Crippen LogP contribution in [-0.2, 0) is 65.4 Å². The molecule has 0 amide bonds. The molecule has 0 saturated carbocycles. The van der Waals surface area contributed by atoms with Crippen LogP contribution in [0.3, 0.4) is 0 Å². The first kappa shape index (κ1) is 99.1. The summed E-state index contributed by atoms with van der Waals surface area (Å²) in [6, 6.07) is 0. The molecule has 0 radical (unpaired) electrons. The van der Waals surface area contributed by atoms with Crippen molar-refractivity contribution in [2.24, 2.45) is 17.8 Å². The normalized spacial score (nSPS) is 14.0. The molecule has 19 heteroatoms. The molecule has 0 aliphatic rings. The molecule has 2 unspecified atom stereocenters. The number of phosphoric acid groups is 2. The number of hydrogen-bond donors (Lipinski definition) is 3. The number of hydrogen-bond acceptors (Lipinski definition) is 15. The van der Waals surface area contributed by atoms with Gasteiger partial charge in [0, 0.05) is 25.7 Å². The molecular weight excluding hydrogens is 1320 g/mol. The van der Waals surface area contributed by atoms with Gasteiger partial charge in [0.2, 0.25) is 0 Å². The number of aliphatic hydroxyl groups excluding tert-OH is 1. The topological polar surface area (TPSA) is 237 Å². The molecule has 0 heterocycles. The molecule has 0 aliphatic carbocycles. The molecule has 0 aliphatic heterocycles. The third-order valence-corrected chi connectivity index (χ3v) is 21.0. The first-order chi connectivity index (χ1) is 48.7. The van der Waals surface area contributed by atoms with Gasteiger partial charge in [0.1, 0.15) is 19.3 Å². The summed E-state index contributed by atoms with van der Waals surface area (Å²) >= 11 is 0. The van der Waals surface area contributed by atoms with Crippen molar-refractivity contribution in [3.8, 4) is 0 Å². The van der Waals surface area contributed by atoms with Gasteiger partial charge in [-0.3, -0.25) is 37.3 Å². The number of aliphatic hydroxyl groups is 1. The summed E-state index contributed by atoms with van der Waals surface area (Å²) in [5, 5.41) is 10.7. The minimum absolute atomic E-state index is 0.108. The Hall–Kier alpha value is -1.94. The Morgan fingerprint density at radius 1 is 0.267 bits per heavy atom. The Morgan fingerprint density at radius 3 is 0.673 bits per heavy atom. The summed E-state index contributed by atoms with van der Waals surface area (Å²) in [4.78, 5) is 73.1. The van der Waals surface area contributed by atoms with E-state index in [1.54, 1.807) is 0 Å². The van der Waals surface area contributed by atoms with E-state index in [9.17, 15) is 43.2 Å². The van der Waals surface area contributed by atoms with Gasteiger partial charge < -0.3 is 33.8 Å². The molecule has 0 rings (SSSR count). The lowest BCUT2D eigenvalue weighted by Crippen LogP contribution is -2.30. The second kappa shape index (κ2) is 72.3. The van der Waals surface area contributed by atoms with Crippen molar-refractivity contribution >= 4 is 39.5 Å². The van der Waals surface area contributed by atoms with Crippen LogP contribution in [0.4, 0.5) is 0 Å². The van der Waals surface area contributed by atoms with Gasteiger partial charge in [0.25, 0.3) is 0 Å². The van der Waals surface area contributed by atoms with E-state index in [1.807, 2.05) is 0 Å². The number of phosphoric ester groups is 2. The van der Waals surface area contributed by atoms with Gasteiger partial charge in [0.05, 0.1) is 26.4 Å².